The highest BCUT2D eigenvalue weighted by Gasteiger charge is 2.10. The van der Waals surface area contributed by atoms with E-state index >= 15 is 0 Å². The molecular weight excluding hydrogens is 264 g/mol. The van der Waals surface area contributed by atoms with E-state index in [9.17, 15) is 4.79 Å². The molecule has 0 fully saturated rings. The van der Waals surface area contributed by atoms with Gasteiger partial charge in [0, 0.05) is 0 Å². The van der Waals surface area contributed by atoms with E-state index < -0.39 is 0 Å². The number of hydrogen-bond donors (Lipinski definition) is 0. The third-order valence-electron chi connectivity index (χ3n) is 3.08. The second kappa shape index (κ2) is 5.45. The van der Waals surface area contributed by atoms with Gasteiger partial charge in [-0.2, -0.15) is 0 Å². The van der Waals surface area contributed by atoms with Gasteiger partial charge in [-0.05, 0) is 30.5 Å². The van der Waals surface area contributed by atoms with Crippen LogP contribution >= 0.6 is 11.6 Å². The second-order valence-electron chi connectivity index (χ2n) is 4.42. The number of aromatic nitrogens is 2. The SMILES string of the molecule is COc1c(Cl)ncn(Cc2ccc(C)c(C)c2)c1=O. The van der Waals surface area contributed by atoms with Crippen molar-refractivity contribution >= 4 is 11.6 Å². The molecule has 0 spiro atoms. The number of benzene rings is 1. The topological polar surface area (TPSA) is 44.1 Å². The predicted octanol–water partition coefficient (Wildman–Crippen LogP) is 2.57. The van der Waals surface area contributed by atoms with Gasteiger partial charge < -0.3 is 4.74 Å². The monoisotopic (exact) mass is 278 g/mol. The van der Waals surface area contributed by atoms with Gasteiger partial charge in [-0.3, -0.25) is 9.36 Å². The Labute approximate surface area is 116 Å². The Morgan fingerprint density at radius 1 is 1.32 bits per heavy atom. The van der Waals surface area contributed by atoms with Crippen molar-refractivity contribution in [3.05, 3.63) is 56.7 Å². The maximum atomic E-state index is 12.1. The number of methoxy groups -OCH3 is 1. The van der Waals surface area contributed by atoms with Crippen LogP contribution in [-0.4, -0.2) is 16.7 Å². The van der Waals surface area contributed by atoms with E-state index in [1.807, 2.05) is 19.1 Å². The third kappa shape index (κ3) is 2.79. The molecule has 0 unspecified atom stereocenters. The predicted molar refractivity (Wildman–Crippen MR) is 75.1 cm³/mol. The van der Waals surface area contributed by atoms with Crippen LogP contribution in [-0.2, 0) is 6.54 Å². The minimum Gasteiger partial charge on any atom is -0.489 e. The summed E-state index contributed by atoms with van der Waals surface area (Å²) in [4.78, 5) is 16.0. The molecule has 1 aromatic carbocycles. The van der Waals surface area contributed by atoms with Gasteiger partial charge in [0.2, 0.25) is 5.75 Å². The Balaban J connectivity index is 2.38. The molecule has 1 heterocycles. The average Bonchev–Trinajstić information content (AvgIpc) is 2.38. The Bertz CT molecular complexity index is 665. The molecule has 0 aliphatic rings. The molecule has 0 N–H and O–H groups in total. The van der Waals surface area contributed by atoms with Crippen LogP contribution < -0.4 is 10.3 Å². The van der Waals surface area contributed by atoms with Crippen molar-refractivity contribution in [2.24, 2.45) is 0 Å². The van der Waals surface area contributed by atoms with Crippen LogP contribution in [0.5, 0.6) is 5.75 Å². The Hall–Kier alpha value is -1.81. The molecule has 0 saturated carbocycles. The summed E-state index contributed by atoms with van der Waals surface area (Å²) in [6, 6.07) is 6.09. The van der Waals surface area contributed by atoms with E-state index in [-0.39, 0.29) is 16.5 Å². The minimum atomic E-state index is -0.277. The fraction of sp³-hybridized carbons (Fsp3) is 0.286. The summed E-state index contributed by atoms with van der Waals surface area (Å²) in [6.07, 6.45) is 1.43. The van der Waals surface area contributed by atoms with E-state index in [1.54, 1.807) is 0 Å². The summed E-state index contributed by atoms with van der Waals surface area (Å²) in [5, 5.41) is 0.0869. The van der Waals surface area contributed by atoms with Crippen LogP contribution in [0.25, 0.3) is 0 Å². The molecule has 100 valence electrons. The molecule has 0 aliphatic carbocycles. The molecule has 2 aromatic rings. The maximum Gasteiger partial charge on any atom is 0.297 e. The number of ether oxygens (including phenoxy) is 1. The minimum absolute atomic E-state index is 0.0769. The van der Waals surface area contributed by atoms with Gasteiger partial charge in [0.1, 0.15) is 0 Å². The van der Waals surface area contributed by atoms with Crippen molar-refractivity contribution in [1.29, 1.82) is 0 Å². The number of hydrogen-bond acceptors (Lipinski definition) is 3. The molecule has 2 rings (SSSR count). The lowest BCUT2D eigenvalue weighted by atomic mass is 10.1. The summed E-state index contributed by atoms with van der Waals surface area (Å²) in [5.74, 6) is 0.0769. The highest BCUT2D eigenvalue weighted by atomic mass is 35.5. The summed E-state index contributed by atoms with van der Waals surface area (Å²) < 4.78 is 6.45. The van der Waals surface area contributed by atoms with Crippen LogP contribution in [0.2, 0.25) is 5.15 Å². The van der Waals surface area contributed by atoms with Gasteiger partial charge in [-0.25, -0.2) is 4.98 Å². The first-order valence-electron chi connectivity index (χ1n) is 5.88. The third-order valence-corrected chi connectivity index (χ3v) is 3.35. The van der Waals surface area contributed by atoms with E-state index in [0.29, 0.717) is 6.54 Å². The zero-order chi connectivity index (χ0) is 14.0. The normalized spacial score (nSPS) is 10.5. The van der Waals surface area contributed by atoms with E-state index in [4.69, 9.17) is 16.3 Å². The molecule has 1 aromatic heterocycles. The van der Waals surface area contributed by atoms with Crippen molar-refractivity contribution < 1.29 is 4.74 Å². The lowest BCUT2D eigenvalue weighted by molar-refractivity contribution is 0.401. The number of aryl methyl sites for hydroxylation is 2. The van der Waals surface area contributed by atoms with E-state index in [2.05, 4.69) is 18.0 Å². The van der Waals surface area contributed by atoms with Crippen LogP contribution in [0.1, 0.15) is 16.7 Å². The van der Waals surface area contributed by atoms with Gasteiger partial charge in [0.25, 0.3) is 5.56 Å². The fourth-order valence-electron chi connectivity index (χ4n) is 1.83. The van der Waals surface area contributed by atoms with Crippen molar-refractivity contribution in [2.45, 2.75) is 20.4 Å². The maximum absolute atomic E-state index is 12.1. The van der Waals surface area contributed by atoms with Crippen molar-refractivity contribution in [3.8, 4) is 5.75 Å². The lowest BCUT2D eigenvalue weighted by Gasteiger charge is -2.09. The Morgan fingerprint density at radius 3 is 2.68 bits per heavy atom. The zero-order valence-corrected chi connectivity index (χ0v) is 11.9. The molecular formula is C14H15ClN2O2. The quantitative estimate of drug-likeness (QED) is 0.811. The van der Waals surface area contributed by atoms with Gasteiger partial charge in [0.15, 0.2) is 5.15 Å². The van der Waals surface area contributed by atoms with Crippen LogP contribution in [0.15, 0.2) is 29.3 Å². The summed E-state index contributed by atoms with van der Waals surface area (Å²) >= 11 is 5.80. The molecule has 5 heteroatoms. The number of halogens is 1. The highest BCUT2D eigenvalue weighted by Crippen LogP contribution is 2.16. The second-order valence-corrected chi connectivity index (χ2v) is 4.78. The van der Waals surface area contributed by atoms with Crippen molar-refractivity contribution in [1.82, 2.24) is 9.55 Å². The van der Waals surface area contributed by atoms with Crippen molar-refractivity contribution in [3.63, 3.8) is 0 Å². The standard InChI is InChI=1S/C14H15ClN2O2/c1-9-4-5-11(6-10(9)2)7-17-8-16-13(15)12(19-3)14(17)18/h4-6,8H,7H2,1-3H3. The first-order chi connectivity index (χ1) is 9.02. The Kier molecular flexibility index (Phi) is 3.90. The summed E-state index contributed by atoms with van der Waals surface area (Å²) in [5.41, 5.74) is 3.18. The van der Waals surface area contributed by atoms with Crippen LogP contribution in [0.3, 0.4) is 0 Å². The van der Waals surface area contributed by atoms with Gasteiger partial charge in [-0.1, -0.05) is 29.8 Å². The smallest absolute Gasteiger partial charge is 0.297 e. The van der Waals surface area contributed by atoms with E-state index in [0.717, 1.165) is 5.56 Å². The van der Waals surface area contributed by atoms with Crippen molar-refractivity contribution in [2.75, 3.05) is 7.11 Å². The van der Waals surface area contributed by atoms with Gasteiger partial charge in [-0.15, -0.1) is 0 Å². The summed E-state index contributed by atoms with van der Waals surface area (Å²) in [7, 11) is 1.41. The van der Waals surface area contributed by atoms with Crippen LogP contribution in [0.4, 0.5) is 0 Å². The van der Waals surface area contributed by atoms with Gasteiger partial charge >= 0.3 is 0 Å². The molecule has 0 amide bonds. The molecule has 4 nitrogen and oxygen atoms in total. The van der Waals surface area contributed by atoms with E-state index in [1.165, 1.54) is 29.1 Å². The molecule has 0 aliphatic heterocycles. The Morgan fingerprint density at radius 2 is 2.05 bits per heavy atom. The summed E-state index contributed by atoms with van der Waals surface area (Å²) in [6.45, 7) is 4.54. The molecule has 0 bridgehead atoms. The highest BCUT2D eigenvalue weighted by molar-refractivity contribution is 6.30. The number of rotatable bonds is 3. The lowest BCUT2D eigenvalue weighted by Crippen LogP contribution is -2.22. The average molecular weight is 279 g/mol. The van der Waals surface area contributed by atoms with Gasteiger partial charge in [0.05, 0.1) is 20.0 Å². The molecule has 0 saturated heterocycles. The molecule has 19 heavy (non-hydrogen) atoms. The van der Waals surface area contributed by atoms with Crippen LogP contribution in [0, 0.1) is 13.8 Å². The molecule has 0 radical (unpaired) electrons. The largest absolute Gasteiger partial charge is 0.489 e. The zero-order valence-electron chi connectivity index (χ0n) is 11.1. The first kappa shape index (κ1) is 13.6. The fourth-order valence-corrected chi connectivity index (χ4v) is 2.03. The first-order valence-corrected chi connectivity index (χ1v) is 6.25. The number of nitrogens with zero attached hydrogens (tertiary/aromatic N) is 2. The molecule has 0 atom stereocenters.